The molecule has 0 aliphatic rings. The van der Waals surface area contributed by atoms with Crippen molar-refractivity contribution in [1.29, 1.82) is 0 Å². The van der Waals surface area contributed by atoms with Gasteiger partial charge in [0.15, 0.2) is 5.92 Å². The summed E-state index contributed by atoms with van der Waals surface area (Å²) >= 11 is 5.86. The Morgan fingerprint density at radius 2 is 1.89 bits per heavy atom. The molecule has 1 N–H and O–H groups in total. The average molecular weight is 419 g/mol. The van der Waals surface area contributed by atoms with E-state index in [4.69, 9.17) is 16.3 Å². The van der Waals surface area contributed by atoms with Crippen LogP contribution in [0.2, 0.25) is 5.02 Å². The van der Waals surface area contributed by atoms with Crippen LogP contribution in [-0.4, -0.2) is 23.5 Å². The molecule has 0 bridgehead atoms. The zero-order chi connectivity index (χ0) is 20.9. The first-order chi connectivity index (χ1) is 13.1. The summed E-state index contributed by atoms with van der Waals surface area (Å²) in [7, 11) is 0. The van der Waals surface area contributed by atoms with E-state index in [1.165, 1.54) is 31.2 Å². The quantitative estimate of drug-likeness (QED) is 0.439. The molecule has 0 aliphatic heterocycles. The highest BCUT2D eigenvalue weighted by molar-refractivity contribution is 6.32. The molecule has 28 heavy (non-hydrogen) atoms. The lowest BCUT2D eigenvalue weighted by molar-refractivity contribution is -0.148. The molecule has 5 nitrogen and oxygen atoms in total. The van der Waals surface area contributed by atoms with Crippen molar-refractivity contribution in [2.45, 2.75) is 25.6 Å². The summed E-state index contributed by atoms with van der Waals surface area (Å²) in [4.78, 5) is 28.3. The first-order valence-corrected chi connectivity index (χ1v) is 8.42. The molecule has 1 heterocycles. The maximum atomic E-state index is 12.9. The van der Waals surface area contributed by atoms with Crippen molar-refractivity contribution in [3.05, 3.63) is 64.2 Å². The van der Waals surface area contributed by atoms with Crippen molar-refractivity contribution in [2.75, 3.05) is 6.61 Å². The Morgan fingerprint density at radius 3 is 2.43 bits per heavy atom. The number of amides is 1. The van der Waals surface area contributed by atoms with Gasteiger partial charge < -0.3 is 10.1 Å². The number of nitrogens with one attached hydrogen (secondary N) is 1. The van der Waals surface area contributed by atoms with Gasteiger partial charge in [0.2, 0.25) is 5.91 Å². The van der Waals surface area contributed by atoms with E-state index in [-0.39, 0.29) is 18.8 Å². The van der Waals surface area contributed by atoms with Crippen LogP contribution >= 0.6 is 11.6 Å². The van der Waals surface area contributed by atoms with Gasteiger partial charge >= 0.3 is 12.1 Å². The molecule has 0 radical (unpaired) electrons. The zero-order valence-corrected chi connectivity index (χ0v) is 15.3. The Labute approximate surface area is 162 Å². The molecule has 1 atom stereocenters. The van der Waals surface area contributed by atoms with Gasteiger partial charge in [-0.15, -0.1) is 0 Å². The van der Waals surface area contributed by atoms with Gasteiger partial charge in [0.05, 0.1) is 22.9 Å². The largest absolute Gasteiger partial charge is 0.465 e. The summed E-state index contributed by atoms with van der Waals surface area (Å²) in [5.41, 5.74) is -0.927. The number of pyridine rings is 1. The van der Waals surface area contributed by atoms with E-state index in [1.807, 2.05) is 0 Å². The van der Waals surface area contributed by atoms with Gasteiger partial charge in [-0.2, -0.15) is 13.2 Å². The third kappa shape index (κ3) is 5.41. The Morgan fingerprint density at radius 1 is 1.25 bits per heavy atom. The number of halogens is 5. The van der Waals surface area contributed by atoms with E-state index in [2.05, 4.69) is 10.3 Å². The molecule has 1 amide bonds. The lowest BCUT2D eigenvalue weighted by Crippen LogP contribution is -2.35. The average Bonchev–Trinajstić information content (AvgIpc) is 2.62. The molecule has 0 aliphatic carbocycles. The number of hydrogen-bond donors (Lipinski definition) is 1. The maximum absolute atomic E-state index is 12.9. The van der Waals surface area contributed by atoms with Gasteiger partial charge in [0.25, 0.3) is 0 Å². The van der Waals surface area contributed by atoms with Gasteiger partial charge in [0, 0.05) is 12.7 Å². The standard InChI is InChI=1S/C18H15ClF4N2O3/c1-2-28-17(27)14(15-13(19)7-11(9-24-15)18(21,22)23)16(26)25-8-10-3-5-12(20)6-4-10/h3-7,9,14H,2,8H2,1H3,(H,25,26)/t14-/m1/s1. The molecule has 2 aromatic rings. The molecule has 0 saturated carbocycles. The van der Waals surface area contributed by atoms with Crippen molar-refractivity contribution >= 4 is 23.5 Å². The van der Waals surface area contributed by atoms with Gasteiger partial charge in [-0.1, -0.05) is 23.7 Å². The number of benzene rings is 1. The Hall–Kier alpha value is -2.68. The molecule has 1 aromatic carbocycles. The number of rotatable bonds is 6. The molecule has 1 aromatic heterocycles. The minimum atomic E-state index is -4.68. The Balaban J connectivity index is 2.27. The van der Waals surface area contributed by atoms with Crippen molar-refractivity contribution in [3.63, 3.8) is 0 Å². The fourth-order valence-electron chi connectivity index (χ4n) is 2.28. The summed E-state index contributed by atoms with van der Waals surface area (Å²) in [6.07, 6.45) is -4.19. The third-order valence-corrected chi connectivity index (χ3v) is 3.94. The molecule has 0 spiro atoms. The Kier molecular flexibility index (Phi) is 6.95. The van der Waals surface area contributed by atoms with Crippen molar-refractivity contribution in [2.24, 2.45) is 0 Å². The molecule has 150 valence electrons. The van der Waals surface area contributed by atoms with Crippen LogP contribution < -0.4 is 5.32 Å². The molecular formula is C18H15ClF4N2O3. The Bertz CT molecular complexity index is 857. The van der Waals surface area contributed by atoms with Crippen molar-refractivity contribution < 1.29 is 31.9 Å². The smallest absolute Gasteiger partial charge is 0.417 e. The summed E-state index contributed by atoms with van der Waals surface area (Å²) < 4.78 is 56.1. The second-order valence-corrected chi connectivity index (χ2v) is 6.03. The lowest BCUT2D eigenvalue weighted by atomic mass is 10.0. The summed E-state index contributed by atoms with van der Waals surface area (Å²) in [5.74, 6) is -3.99. The number of ether oxygens (including phenoxy) is 1. The minimum Gasteiger partial charge on any atom is -0.465 e. The van der Waals surface area contributed by atoms with E-state index in [9.17, 15) is 27.2 Å². The van der Waals surface area contributed by atoms with Crippen LogP contribution in [0.25, 0.3) is 0 Å². The maximum Gasteiger partial charge on any atom is 0.417 e. The van der Waals surface area contributed by atoms with Crippen molar-refractivity contribution in [1.82, 2.24) is 10.3 Å². The van der Waals surface area contributed by atoms with Crippen LogP contribution in [0.3, 0.4) is 0 Å². The monoisotopic (exact) mass is 418 g/mol. The number of esters is 1. The highest BCUT2D eigenvalue weighted by Gasteiger charge is 2.36. The SMILES string of the molecule is CCOC(=O)[C@@H](C(=O)NCc1ccc(F)cc1)c1ncc(C(F)(F)F)cc1Cl. The summed E-state index contributed by atoms with van der Waals surface area (Å²) in [5, 5.41) is 1.95. The molecule has 2 rings (SSSR count). The highest BCUT2D eigenvalue weighted by Crippen LogP contribution is 2.33. The van der Waals surface area contributed by atoms with Gasteiger partial charge in [-0.05, 0) is 30.7 Å². The number of aromatic nitrogens is 1. The van der Waals surface area contributed by atoms with Gasteiger partial charge in [0.1, 0.15) is 5.82 Å². The number of alkyl halides is 3. The van der Waals surface area contributed by atoms with Crippen LogP contribution in [0.5, 0.6) is 0 Å². The molecule has 10 heteroatoms. The second-order valence-electron chi connectivity index (χ2n) is 5.62. The molecule has 0 saturated heterocycles. The fraction of sp³-hybridized carbons (Fsp3) is 0.278. The van der Waals surface area contributed by atoms with E-state index >= 15 is 0 Å². The van der Waals surface area contributed by atoms with Crippen LogP contribution in [-0.2, 0) is 27.0 Å². The topological polar surface area (TPSA) is 68.3 Å². The predicted octanol–water partition coefficient (Wildman–Crippen LogP) is 3.86. The summed E-state index contributed by atoms with van der Waals surface area (Å²) in [6.45, 7) is 1.40. The first kappa shape index (κ1) is 21.6. The fourth-order valence-corrected chi connectivity index (χ4v) is 2.55. The van der Waals surface area contributed by atoms with Crippen LogP contribution in [0.1, 0.15) is 29.7 Å². The summed E-state index contributed by atoms with van der Waals surface area (Å²) in [6, 6.07) is 5.83. The predicted molar refractivity (Wildman–Crippen MR) is 91.9 cm³/mol. The van der Waals surface area contributed by atoms with Crippen LogP contribution in [0.4, 0.5) is 17.6 Å². The van der Waals surface area contributed by atoms with E-state index in [1.54, 1.807) is 0 Å². The molecule has 0 unspecified atom stereocenters. The number of carbonyl (C=O) groups is 2. The van der Waals surface area contributed by atoms with Crippen molar-refractivity contribution in [3.8, 4) is 0 Å². The number of nitrogens with zero attached hydrogens (tertiary/aromatic N) is 1. The van der Waals surface area contributed by atoms with E-state index in [0.29, 0.717) is 17.8 Å². The molecule has 0 fully saturated rings. The molecular weight excluding hydrogens is 404 g/mol. The first-order valence-electron chi connectivity index (χ1n) is 8.05. The minimum absolute atomic E-state index is 0.0483. The third-order valence-electron chi connectivity index (χ3n) is 3.63. The number of hydrogen-bond acceptors (Lipinski definition) is 4. The van der Waals surface area contributed by atoms with Crippen LogP contribution in [0.15, 0.2) is 36.5 Å². The zero-order valence-electron chi connectivity index (χ0n) is 14.5. The highest BCUT2D eigenvalue weighted by atomic mass is 35.5. The second kappa shape index (κ2) is 9.01. The normalized spacial score (nSPS) is 12.4. The lowest BCUT2D eigenvalue weighted by Gasteiger charge is -2.17. The number of carbonyl (C=O) groups excluding carboxylic acids is 2. The van der Waals surface area contributed by atoms with E-state index < -0.39 is 40.4 Å². The van der Waals surface area contributed by atoms with Gasteiger partial charge in [-0.25, -0.2) is 4.39 Å². The van der Waals surface area contributed by atoms with Gasteiger partial charge in [-0.3, -0.25) is 14.6 Å². The van der Waals surface area contributed by atoms with Crippen LogP contribution in [0, 0.1) is 5.82 Å². The van der Waals surface area contributed by atoms with E-state index in [0.717, 1.165) is 0 Å².